The van der Waals surface area contributed by atoms with Crippen LogP contribution in [0.5, 0.6) is 5.75 Å². The quantitative estimate of drug-likeness (QED) is 0.717. The summed E-state index contributed by atoms with van der Waals surface area (Å²) in [5, 5.41) is 9.78. The Morgan fingerprint density at radius 3 is 2.68 bits per heavy atom. The van der Waals surface area contributed by atoms with Gasteiger partial charge in [0.1, 0.15) is 16.5 Å². The molecule has 0 unspecified atom stereocenters. The van der Waals surface area contributed by atoms with Crippen LogP contribution in [0.25, 0.3) is 9.88 Å². The molecule has 0 atom stereocenters. The summed E-state index contributed by atoms with van der Waals surface area (Å²) in [6.07, 6.45) is 0. The van der Waals surface area contributed by atoms with E-state index >= 15 is 0 Å². The number of nitrogens with one attached hydrogen (secondary N) is 2. The summed E-state index contributed by atoms with van der Waals surface area (Å²) >= 11 is 2.98. The molecular weight excluding hydrogens is 358 g/mol. The van der Waals surface area contributed by atoms with Gasteiger partial charge >= 0.3 is 0 Å². The fourth-order valence-corrected chi connectivity index (χ4v) is 3.78. The van der Waals surface area contributed by atoms with Crippen molar-refractivity contribution in [2.24, 2.45) is 0 Å². The van der Waals surface area contributed by atoms with E-state index in [9.17, 15) is 9.59 Å². The molecule has 25 heavy (non-hydrogen) atoms. The summed E-state index contributed by atoms with van der Waals surface area (Å²) in [5.74, 6) is -0.132. The molecule has 0 aliphatic rings. The van der Waals surface area contributed by atoms with E-state index in [1.807, 2.05) is 17.5 Å². The van der Waals surface area contributed by atoms with Gasteiger partial charge in [0.25, 0.3) is 11.8 Å². The van der Waals surface area contributed by atoms with Gasteiger partial charge in [-0.3, -0.25) is 9.59 Å². The summed E-state index contributed by atoms with van der Waals surface area (Å²) in [5.41, 5.74) is 1.16. The van der Waals surface area contributed by atoms with Gasteiger partial charge < -0.3 is 15.4 Å². The molecule has 0 bridgehead atoms. The van der Waals surface area contributed by atoms with E-state index in [0.717, 1.165) is 9.88 Å². The van der Waals surface area contributed by atoms with Crippen LogP contribution >= 0.6 is 22.7 Å². The fourth-order valence-electron chi connectivity index (χ4n) is 2.17. The largest absolute Gasteiger partial charge is 0.495 e. The molecular formula is C17H15N3O3S2. The molecule has 2 amide bonds. The van der Waals surface area contributed by atoms with E-state index in [4.69, 9.17) is 4.74 Å². The van der Waals surface area contributed by atoms with Crippen molar-refractivity contribution in [3.8, 4) is 15.6 Å². The number of thiophene rings is 1. The Balaban J connectivity index is 1.84. The number of nitrogens with zero attached hydrogens (tertiary/aromatic N) is 1. The van der Waals surface area contributed by atoms with Gasteiger partial charge in [-0.15, -0.1) is 22.7 Å². The topological polar surface area (TPSA) is 80.3 Å². The van der Waals surface area contributed by atoms with E-state index in [0.29, 0.717) is 22.7 Å². The lowest BCUT2D eigenvalue weighted by molar-refractivity contribution is 0.0961. The molecule has 0 aliphatic carbocycles. The third-order valence-electron chi connectivity index (χ3n) is 3.41. The molecule has 8 heteroatoms. The SMILES string of the molecule is CNC(=O)c1ccc(OC)c(NC(=O)c2csc(-c3cccs3)n2)c1. The van der Waals surface area contributed by atoms with Crippen LogP contribution in [0.4, 0.5) is 5.69 Å². The molecule has 0 radical (unpaired) electrons. The number of methoxy groups -OCH3 is 1. The van der Waals surface area contributed by atoms with Gasteiger partial charge in [-0.25, -0.2) is 4.98 Å². The van der Waals surface area contributed by atoms with Gasteiger partial charge in [0, 0.05) is 18.0 Å². The Hall–Kier alpha value is -2.71. The summed E-state index contributed by atoms with van der Waals surface area (Å²) in [6.45, 7) is 0. The highest BCUT2D eigenvalue weighted by Gasteiger charge is 2.16. The highest BCUT2D eigenvalue weighted by Crippen LogP contribution is 2.29. The molecule has 1 aromatic carbocycles. The van der Waals surface area contributed by atoms with Crippen molar-refractivity contribution in [3.05, 3.63) is 52.3 Å². The number of ether oxygens (including phenoxy) is 1. The molecule has 0 spiro atoms. The van der Waals surface area contributed by atoms with Crippen molar-refractivity contribution >= 4 is 40.2 Å². The second-order valence-electron chi connectivity index (χ2n) is 4.96. The molecule has 2 N–H and O–H groups in total. The number of benzene rings is 1. The maximum absolute atomic E-state index is 12.5. The van der Waals surface area contributed by atoms with Crippen LogP contribution in [0.15, 0.2) is 41.1 Å². The van der Waals surface area contributed by atoms with Crippen molar-refractivity contribution < 1.29 is 14.3 Å². The van der Waals surface area contributed by atoms with Gasteiger partial charge in [0.15, 0.2) is 0 Å². The molecule has 0 aliphatic heterocycles. The minimum absolute atomic E-state index is 0.244. The minimum Gasteiger partial charge on any atom is -0.495 e. The van der Waals surface area contributed by atoms with Gasteiger partial charge in [-0.1, -0.05) is 6.07 Å². The average Bonchev–Trinajstić information content (AvgIpc) is 3.32. The minimum atomic E-state index is -0.355. The van der Waals surface area contributed by atoms with Crippen molar-refractivity contribution in [1.29, 1.82) is 0 Å². The number of hydrogen-bond donors (Lipinski definition) is 2. The zero-order chi connectivity index (χ0) is 17.8. The highest BCUT2D eigenvalue weighted by atomic mass is 32.1. The number of hydrogen-bond acceptors (Lipinski definition) is 6. The van der Waals surface area contributed by atoms with Gasteiger partial charge in [-0.2, -0.15) is 0 Å². The van der Waals surface area contributed by atoms with Crippen LogP contribution in [0, 0.1) is 0 Å². The van der Waals surface area contributed by atoms with Crippen molar-refractivity contribution in [2.75, 3.05) is 19.5 Å². The normalized spacial score (nSPS) is 10.3. The summed E-state index contributed by atoms with van der Waals surface area (Å²) in [4.78, 5) is 29.7. The zero-order valence-electron chi connectivity index (χ0n) is 13.5. The van der Waals surface area contributed by atoms with E-state index in [1.165, 1.54) is 18.4 Å². The number of carbonyl (C=O) groups excluding carboxylic acids is 2. The predicted molar refractivity (Wildman–Crippen MR) is 99.8 cm³/mol. The Labute approximate surface area is 152 Å². The van der Waals surface area contributed by atoms with Crippen molar-refractivity contribution in [1.82, 2.24) is 10.3 Å². The highest BCUT2D eigenvalue weighted by molar-refractivity contribution is 7.20. The molecule has 2 aromatic heterocycles. The van der Waals surface area contributed by atoms with Gasteiger partial charge in [0.2, 0.25) is 0 Å². The lowest BCUT2D eigenvalue weighted by atomic mass is 10.1. The van der Waals surface area contributed by atoms with E-state index in [1.54, 1.807) is 42.0 Å². The molecule has 0 fully saturated rings. The lowest BCUT2D eigenvalue weighted by Gasteiger charge is -2.11. The number of anilines is 1. The van der Waals surface area contributed by atoms with Crippen molar-refractivity contribution in [2.45, 2.75) is 0 Å². The fraction of sp³-hybridized carbons (Fsp3) is 0.118. The summed E-state index contributed by atoms with van der Waals surface area (Å²) in [7, 11) is 3.05. The maximum atomic E-state index is 12.5. The van der Waals surface area contributed by atoms with E-state index in [-0.39, 0.29) is 11.8 Å². The van der Waals surface area contributed by atoms with Gasteiger partial charge in [-0.05, 0) is 29.6 Å². The first-order valence-electron chi connectivity index (χ1n) is 7.33. The first-order chi connectivity index (χ1) is 12.1. The molecule has 128 valence electrons. The number of aromatic nitrogens is 1. The third kappa shape index (κ3) is 3.70. The zero-order valence-corrected chi connectivity index (χ0v) is 15.2. The van der Waals surface area contributed by atoms with Crippen LogP contribution in [0.2, 0.25) is 0 Å². The Morgan fingerprint density at radius 1 is 1.16 bits per heavy atom. The van der Waals surface area contributed by atoms with E-state index in [2.05, 4.69) is 15.6 Å². The van der Waals surface area contributed by atoms with Gasteiger partial charge in [0.05, 0.1) is 17.7 Å². The summed E-state index contributed by atoms with van der Waals surface area (Å²) in [6, 6.07) is 8.74. The van der Waals surface area contributed by atoms with Crippen LogP contribution < -0.4 is 15.4 Å². The second-order valence-corrected chi connectivity index (χ2v) is 6.77. The number of rotatable bonds is 5. The standard InChI is InChI=1S/C17H15N3O3S2/c1-18-15(21)10-5-6-13(23-2)11(8-10)19-16(22)12-9-25-17(20-12)14-4-3-7-24-14/h3-9H,1-2H3,(H,18,21)(H,19,22). The van der Waals surface area contributed by atoms with Crippen LogP contribution in [0.3, 0.4) is 0 Å². The number of amides is 2. The first kappa shape index (κ1) is 17.1. The molecule has 2 heterocycles. The number of carbonyl (C=O) groups is 2. The van der Waals surface area contributed by atoms with Crippen LogP contribution in [-0.4, -0.2) is 31.0 Å². The molecule has 0 saturated carbocycles. The molecule has 3 aromatic rings. The van der Waals surface area contributed by atoms with Crippen molar-refractivity contribution in [3.63, 3.8) is 0 Å². The monoisotopic (exact) mass is 373 g/mol. The Kier molecular flexibility index (Phi) is 5.11. The maximum Gasteiger partial charge on any atom is 0.275 e. The Morgan fingerprint density at radius 2 is 2.00 bits per heavy atom. The van der Waals surface area contributed by atoms with Crippen LogP contribution in [-0.2, 0) is 0 Å². The first-order valence-corrected chi connectivity index (χ1v) is 9.09. The molecule has 6 nitrogen and oxygen atoms in total. The molecule has 0 saturated heterocycles. The third-order valence-corrected chi connectivity index (χ3v) is 5.29. The average molecular weight is 373 g/mol. The van der Waals surface area contributed by atoms with Crippen LogP contribution in [0.1, 0.15) is 20.8 Å². The van der Waals surface area contributed by atoms with E-state index < -0.39 is 0 Å². The number of thiazole rings is 1. The Bertz CT molecular complexity index is 904. The lowest BCUT2D eigenvalue weighted by Crippen LogP contribution is -2.19. The summed E-state index contributed by atoms with van der Waals surface area (Å²) < 4.78 is 5.25. The second kappa shape index (κ2) is 7.45. The smallest absolute Gasteiger partial charge is 0.275 e. The predicted octanol–water partition coefficient (Wildman–Crippen LogP) is 3.49. The molecule has 3 rings (SSSR count).